The summed E-state index contributed by atoms with van der Waals surface area (Å²) in [5.74, 6) is 0. The molecular weight excluding hydrogens is 148 g/mol. The highest BCUT2D eigenvalue weighted by Crippen LogP contribution is 2.18. The van der Waals surface area contributed by atoms with Crippen LogP contribution >= 0.6 is 0 Å². The number of nitrogens with two attached hydrogens (primary N) is 1. The van der Waals surface area contributed by atoms with Gasteiger partial charge in [0.15, 0.2) is 0 Å². The molecule has 2 nitrogen and oxygen atoms in total. The Balaban J connectivity index is 2.26. The molecule has 0 radical (unpaired) electrons. The van der Waals surface area contributed by atoms with Gasteiger partial charge in [-0.3, -0.25) is 0 Å². The van der Waals surface area contributed by atoms with Crippen molar-refractivity contribution in [2.75, 3.05) is 0 Å². The topological polar surface area (TPSA) is 38.0 Å². The highest BCUT2D eigenvalue weighted by Gasteiger charge is 2.21. The molecule has 0 unspecified atom stereocenters. The van der Waals surface area contributed by atoms with Crippen LogP contribution in [0.5, 0.6) is 0 Å². The number of nitrogens with one attached hydrogen (secondary N) is 1. The van der Waals surface area contributed by atoms with Crippen molar-refractivity contribution in [2.24, 2.45) is 5.73 Å². The van der Waals surface area contributed by atoms with Gasteiger partial charge in [-0.15, -0.1) is 0 Å². The van der Waals surface area contributed by atoms with Gasteiger partial charge in [-0.2, -0.15) is 0 Å². The summed E-state index contributed by atoms with van der Waals surface area (Å²) in [7, 11) is 0. The van der Waals surface area contributed by atoms with E-state index < -0.39 is 0 Å². The summed E-state index contributed by atoms with van der Waals surface area (Å²) in [6.45, 7) is 6.67. The standard InChI is InChI=1S/C10H22N2/c1-10(2,3)12-9-6-4-8(11)5-7-9/h8-9,12H,4-7,11H2,1-3H3/t8-,9-. The molecule has 0 aromatic rings. The molecule has 72 valence electrons. The van der Waals surface area contributed by atoms with Gasteiger partial charge in [-0.05, 0) is 46.5 Å². The Morgan fingerprint density at radius 3 is 2.00 bits per heavy atom. The van der Waals surface area contributed by atoms with Crippen molar-refractivity contribution in [3.05, 3.63) is 0 Å². The molecule has 0 spiro atoms. The molecule has 1 aliphatic carbocycles. The van der Waals surface area contributed by atoms with Gasteiger partial charge in [0.25, 0.3) is 0 Å². The van der Waals surface area contributed by atoms with E-state index in [1.54, 1.807) is 0 Å². The SMILES string of the molecule is CC(C)(C)N[C@H]1CC[C@H](N)CC1. The molecule has 0 saturated heterocycles. The van der Waals surface area contributed by atoms with Crippen molar-refractivity contribution in [1.29, 1.82) is 0 Å². The molecule has 12 heavy (non-hydrogen) atoms. The third-order valence-corrected chi connectivity index (χ3v) is 2.41. The highest BCUT2D eigenvalue weighted by atomic mass is 15.0. The van der Waals surface area contributed by atoms with E-state index in [1.165, 1.54) is 25.7 Å². The molecule has 0 aromatic heterocycles. The lowest BCUT2D eigenvalue weighted by molar-refractivity contribution is 0.280. The fraction of sp³-hybridized carbons (Fsp3) is 1.00. The summed E-state index contributed by atoms with van der Waals surface area (Å²) in [5.41, 5.74) is 6.09. The summed E-state index contributed by atoms with van der Waals surface area (Å²) in [6, 6.07) is 1.16. The third-order valence-electron chi connectivity index (χ3n) is 2.41. The molecule has 0 bridgehead atoms. The maximum atomic E-state index is 5.83. The minimum Gasteiger partial charge on any atom is -0.328 e. The van der Waals surface area contributed by atoms with E-state index >= 15 is 0 Å². The van der Waals surface area contributed by atoms with Crippen LogP contribution in [0, 0.1) is 0 Å². The van der Waals surface area contributed by atoms with Crippen molar-refractivity contribution in [3.63, 3.8) is 0 Å². The Morgan fingerprint density at radius 2 is 1.58 bits per heavy atom. The Labute approximate surface area is 75.9 Å². The normalized spacial score (nSPS) is 32.0. The lowest BCUT2D eigenvalue weighted by atomic mass is 9.90. The monoisotopic (exact) mass is 170 g/mol. The van der Waals surface area contributed by atoms with Gasteiger partial charge in [0.1, 0.15) is 0 Å². The van der Waals surface area contributed by atoms with E-state index in [0.29, 0.717) is 12.1 Å². The van der Waals surface area contributed by atoms with Gasteiger partial charge in [-0.1, -0.05) is 0 Å². The van der Waals surface area contributed by atoms with Gasteiger partial charge in [0.2, 0.25) is 0 Å². The van der Waals surface area contributed by atoms with Crippen LogP contribution in [0.15, 0.2) is 0 Å². The second-order valence-electron chi connectivity index (χ2n) is 5.01. The predicted octanol–water partition coefficient (Wildman–Crippen LogP) is 1.64. The number of hydrogen-bond donors (Lipinski definition) is 2. The minimum absolute atomic E-state index is 0.256. The summed E-state index contributed by atoms with van der Waals surface area (Å²) in [6.07, 6.45) is 4.87. The fourth-order valence-corrected chi connectivity index (χ4v) is 1.88. The maximum absolute atomic E-state index is 5.83. The molecule has 0 atom stereocenters. The molecule has 3 N–H and O–H groups in total. The first-order valence-corrected chi connectivity index (χ1v) is 5.01. The van der Waals surface area contributed by atoms with Crippen LogP contribution in [-0.2, 0) is 0 Å². The first-order chi connectivity index (χ1) is 5.47. The lowest BCUT2D eigenvalue weighted by Gasteiger charge is -2.33. The van der Waals surface area contributed by atoms with E-state index in [1.807, 2.05) is 0 Å². The van der Waals surface area contributed by atoms with Gasteiger partial charge in [0, 0.05) is 17.6 Å². The lowest BCUT2D eigenvalue weighted by Crippen LogP contribution is -2.46. The van der Waals surface area contributed by atoms with Gasteiger partial charge >= 0.3 is 0 Å². The van der Waals surface area contributed by atoms with Crippen molar-refractivity contribution in [1.82, 2.24) is 5.32 Å². The maximum Gasteiger partial charge on any atom is 0.00990 e. The second-order valence-corrected chi connectivity index (χ2v) is 5.01. The summed E-state index contributed by atoms with van der Waals surface area (Å²) in [5, 5.41) is 3.62. The van der Waals surface area contributed by atoms with Crippen LogP contribution in [-0.4, -0.2) is 17.6 Å². The zero-order chi connectivity index (χ0) is 9.19. The van der Waals surface area contributed by atoms with Crippen LogP contribution in [0.2, 0.25) is 0 Å². The van der Waals surface area contributed by atoms with Crippen LogP contribution in [0.4, 0.5) is 0 Å². The summed E-state index contributed by atoms with van der Waals surface area (Å²) >= 11 is 0. The van der Waals surface area contributed by atoms with Crippen molar-refractivity contribution in [3.8, 4) is 0 Å². The number of rotatable bonds is 1. The molecule has 1 rings (SSSR count). The van der Waals surface area contributed by atoms with Crippen LogP contribution in [0.1, 0.15) is 46.5 Å². The molecule has 0 amide bonds. The summed E-state index contributed by atoms with van der Waals surface area (Å²) < 4.78 is 0. The average Bonchev–Trinajstić information content (AvgIpc) is 1.91. The quantitative estimate of drug-likeness (QED) is 0.628. The molecule has 1 fully saturated rings. The van der Waals surface area contributed by atoms with Crippen LogP contribution < -0.4 is 11.1 Å². The van der Waals surface area contributed by atoms with Gasteiger partial charge < -0.3 is 11.1 Å². The fourth-order valence-electron chi connectivity index (χ4n) is 1.88. The highest BCUT2D eigenvalue weighted by molar-refractivity contribution is 4.83. The predicted molar refractivity (Wildman–Crippen MR) is 53.1 cm³/mol. The van der Waals surface area contributed by atoms with Crippen LogP contribution in [0.25, 0.3) is 0 Å². The Bertz CT molecular complexity index is 129. The van der Waals surface area contributed by atoms with E-state index in [0.717, 1.165) is 0 Å². The van der Waals surface area contributed by atoms with Crippen molar-refractivity contribution < 1.29 is 0 Å². The third kappa shape index (κ3) is 3.55. The first kappa shape index (κ1) is 10.0. The molecule has 1 saturated carbocycles. The molecule has 0 heterocycles. The van der Waals surface area contributed by atoms with E-state index in [2.05, 4.69) is 26.1 Å². The van der Waals surface area contributed by atoms with E-state index in [9.17, 15) is 0 Å². The van der Waals surface area contributed by atoms with E-state index in [-0.39, 0.29) is 5.54 Å². The minimum atomic E-state index is 0.256. The number of hydrogen-bond acceptors (Lipinski definition) is 2. The smallest absolute Gasteiger partial charge is 0.00990 e. The van der Waals surface area contributed by atoms with Crippen LogP contribution in [0.3, 0.4) is 0 Å². The molecule has 2 heteroatoms. The molecule has 0 aromatic carbocycles. The average molecular weight is 170 g/mol. The van der Waals surface area contributed by atoms with Crippen molar-refractivity contribution >= 4 is 0 Å². The summed E-state index contributed by atoms with van der Waals surface area (Å²) in [4.78, 5) is 0. The second kappa shape index (κ2) is 3.75. The largest absolute Gasteiger partial charge is 0.328 e. The van der Waals surface area contributed by atoms with Crippen molar-refractivity contribution in [2.45, 2.75) is 64.1 Å². The zero-order valence-electron chi connectivity index (χ0n) is 8.56. The molecule has 0 aliphatic heterocycles. The Morgan fingerprint density at radius 1 is 1.08 bits per heavy atom. The van der Waals surface area contributed by atoms with Gasteiger partial charge in [0.05, 0.1) is 0 Å². The molecule has 1 aliphatic rings. The van der Waals surface area contributed by atoms with Gasteiger partial charge in [-0.25, -0.2) is 0 Å². The Hall–Kier alpha value is -0.0800. The molecular formula is C10H22N2. The Kier molecular flexibility index (Phi) is 3.13. The van der Waals surface area contributed by atoms with E-state index in [4.69, 9.17) is 5.73 Å². The zero-order valence-corrected chi connectivity index (χ0v) is 8.56. The first-order valence-electron chi connectivity index (χ1n) is 5.01.